The number of rotatable bonds is 7. The van der Waals surface area contributed by atoms with Gasteiger partial charge in [0.2, 0.25) is 5.91 Å². The Kier molecular flexibility index (Phi) is 7.49. The lowest BCUT2D eigenvalue weighted by Crippen LogP contribution is -2.29. The maximum absolute atomic E-state index is 12.6. The average molecular weight is 454 g/mol. The van der Waals surface area contributed by atoms with Crippen molar-refractivity contribution in [1.29, 1.82) is 5.26 Å². The van der Waals surface area contributed by atoms with Crippen molar-refractivity contribution in [2.45, 2.75) is 32.6 Å². The Morgan fingerprint density at radius 3 is 2.78 bits per heavy atom. The van der Waals surface area contributed by atoms with Crippen LogP contribution in [0.5, 0.6) is 0 Å². The molecule has 0 radical (unpaired) electrons. The van der Waals surface area contributed by atoms with Crippen molar-refractivity contribution in [2.24, 2.45) is 5.92 Å². The zero-order chi connectivity index (χ0) is 23.3. The number of carbonyl (C=O) groups is 3. The highest BCUT2D eigenvalue weighted by Crippen LogP contribution is 2.33. The Balaban J connectivity index is 1.61. The van der Waals surface area contributed by atoms with E-state index in [4.69, 9.17) is 21.6 Å². The molecular weight excluding hydrogens is 430 g/mol. The largest absolute Gasteiger partial charge is 0.455 e. The molecule has 166 valence electrons. The highest BCUT2D eigenvalue weighted by atomic mass is 35.5. The minimum Gasteiger partial charge on any atom is -0.455 e. The molecule has 1 aliphatic rings. The molecule has 2 amide bonds. The summed E-state index contributed by atoms with van der Waals surface area (Å²) in [5.74, 6) is -1.73. The summed E-state index contributed by atoms with van der Waals surface area (Å²) in [6.45, 7) is 3.87. The molecule has 1 saturated heterocycles. The van der Waals surface area contributed by atoms with Gasteiger partial charge in [-0.15, -0.1) is 0 Å². The van der Waals surface area contributed by atoms with Gasteiger partial charge in [-0.3, -0.25) is 14.4 Å². The first kappa shape index (κ1) is 23.3. The van der Waals surface area contributed by atoms with E-state index in [-0.39, 0.29) is 36.0 Å². The normalized spacial score (nSPS) is 16.4. The number of para-hydroxylation sites is 1. The molecule has 1 aliphatic heterocycles. The summed E-state index contributed by atoms with van der Waals surface area (Å²) in [6.07, 6.45) is 0.960. The zero-order valence-electron chi connectivity index (χ0n) is 17.9. The Hall–Kier alpha value is -3.37. The smallest absolute Gasteiger partial charge is 0.311 e. The SMILES string of the molecule is CC[C@@H](C)c1ccccc1N1C[C@@H](C(=O)OCC(=O)Nc2cc(Cl)ccc2C#N)CC1=O. The maximum Gasteiger partial charge on any atom is 0.311 e. The Morgan fingerprint density at radius 2 is 2.06 bits per heavy atom. The van der Waals surface area contributed by atoms with Gasteiger partial charge in [-0.2, -0.15) is 5.26 Å². The van der Waals surface area contributed by atoms with E-state index in [9.17, 15) is 14.4 Å². The second-order valence-electron chi connectivity index (χ2n) is 7.73. The summed E-state index contributed by atoms with van der Waals surface area (Å²) >= 11 is 5.91. The summed E-state index contributed by atoms with van der Waals surface area (Å²) in [6, 6.07) is 14.1. The van der Waals surface area contributed by atoms with E-state index in [2.05, 4.69) is 19.2 Å². The van der Waals surface area contributed by atoms with E-state index in [1.54, 1.807) is 4.90 Å². The van der Waals surface area contributed by atoms with Crippen molar-refractivity contribution in [1.82, 2.24) is 0 Å². The molecule has 1 N–H and O–H groups in total. The van der Waals surface area contributed by atoms with Gasteiger partial charge < -0.3 is 15.0 Å². The molecule has 1 fully saturated rings. The van der Waals surface area contributed by atoms with Crippen LogP contribution in [0.25, 0.3) is 0 Å². The fourth-order valence-corrected chi connectivity index (χ4v) is 3.80. The van der Waals surface area contributed by atoms with Gasteiger partial charge in [-0.05, 0) is 42.2 Å². The van der Waals surface area contributed by atoms with Crippen LogP contribution in [0.3, 0.4) is 0 Å². The molecule has 0 spiro atoms. The minimum atomic E-state index is -0.652. The van der Waals surface area contributed by atoms with Crippen LogP contribution in [-0.4, -0.2) is 30.9 Å². The fourth-order valence-electron chi connectivity index (χ4n) is 3.63. The van der Waals surface area contributed by atoms with E-state index in [0.29, 0.717) is 5.02 Å². The minimum absolute atomic E-state index is 0.0299. The van der Waals surface area contributed by atoms with Crippen LogP contribution in [0.4, 0.5) is 11.4 Å². The predicted molar refractivity (Wildman–Crippen MR) is 121 cm³/mol. The molecular formula is C24H24ClN3O4. The third-order valence-electron chi connectivity index (χ3n) is 5.55. The molecule has 0 unspecified atom stereocenters. The molecule has 1 heterocycles. The van der Waals surface area contributed by atoms with Gasteiger partial charge in [0, 0.05) is 23.7 Å². The van der Waals surface area contributed by atoms with Gasteiger partial charge in [-0.25, -0.2) is 0 Å². The fraction of sp³-hybridized carbons (Fsp3) is 0.333. The Morgan fingerprint density at radius 1 is 1.31 bits per heavy atom. The molecule has 7 nitrogen and oxygen atoms in total. The van der Waals surface area contributed by atoms with Gasteiger partial charge in [0.1, 0.15) is 6.07 Å². The highest BCUT2D eigenvalue weighted by molar-refractivity contribution is 6.31. The predicted octanol–water partition coefficient (Wildman–Crippen LogP) is 4.26. The van der Waals surface area contributed by atoms with Gasteiger partial charge in [0.15, 0.2) is 6.61 Å². The van der Waals surface area contributed by atoms with Crippen molar-refractivity contribution >= 4 is 40.8 Å². The number of anilines is 2. The van der Waals surface area contributed by atoms with Crippen molar-refractivity contribution in [3.05, 3.63) is 58.6 Å². The molecule has 0 aromatic heterocycles. The molecule has 2 aromatic carbocycles. The van der Waals surface area contributed by atoms with Crippen LogP contribution in [0, 0.1) is 17.2 Å². The first-order valence-corrected chi connectivity index (χ1v) is 10.8. The first-order chi connectivity index (χ1) is 15.3. The Bertz CT molecular complexity index is 1080. The van der Waals surface area contributed by atoms with Crippen LogP contribution in [-0.2, 0) is 19.1 Å². The van der Waals surface area contributed by atoms with E-state index >= 15 is 0 Å². The standard InChI is InChI=1S/C24H24ClN3O4/c1-3-15(2)19-6-4-5-7-21(19)28-13-17(10-23(28)30)24(31)32-14-22(29)27-20-11-18(25)9-8-16(20)12-26/h4-9,11,15,17H,3,10,13-14H2,1-2H3,(H,27,29)/t15-,17+/m1/s1. The number of benzene rings is 2. The molecule has 3 rings (SSSR count). The third-order valence-corrected chi connectivity index (χ3v) is 5.79. The number of carbonyl (C=O) groups excluding carboxylic acids is 3. The zero-order valence-corrected chi connectivity index (χ0v) is 18.7. The maximum atomic E-state index is 12.6. The van der Waals surface area contributed by atoms with Crippen LogP contribution in [0.2, 0.25) is 5.02 Å². The number of hydrogen-bond acceptors (Lipinski definition) is 5. The van der Waals surface area contributed by atoms with Crippen LogP contribution >= 0.6 is 11.6 Å². The van der Waals surface area contributed by atoms with Crippen molar-refractivity contribution in [2.75, 3.05) is 23.4 Å². The van der Waals surface area contributed by atoms with Gasteiger partial charge >= 0.3 is 5.97 Å². The van der Waals surface area contributed by atoms with E-state index in [0.717, 1.165) is 17.7 Å². The molecule has 0 aliphatic carbocycles. The van der Waals surface area contributed by atoms with Crippen molar-refractivity contribution in [3.63, 3.8) is 0 Å². The van der Waals surface area contributed by atoms with Crippen LogP contribution in [0.15, 0.2) is 42.5 Å². The number of amides is 2. The Labute approximate surface area is 191 Å². The third kappa shape index (κ3) is 5.27. The summed E-state index contributed by atoms with van der Waals surface area (Å²) < 4.78 is 5.15. The van der Waals surface area contributed by atoms with Crippen LogP contribution < -0.4 is 10.2 Å². The number of hydrogen-bond donors (Lipinski definition) is 1. The second kappa shape index (κ2) is 10.3. The molecule has 8 heteroatoms. The lowest BCUT2D eigenvalue weighted by atomic mass is 9.96. The first-order valence-electron chi connectivity index (χ1n) is 10.4. The van der Waals surface area contributed by atoms with E-state index < -0.39 is 24.4 Å². The van der Waals surface area contributed by atoms with Crippen molar-refractivity contribution in [3.8, 4) is 6.07 Å². The number of halogens is 1. The summed E-state index contributed by atoms with van der Waals surface area (Å²) in [5.41, 5.74) is 2.35. The van der Waals surface area contributed by atoms with Gasteiger partial charge in [0.05, 0.1) is 17.2 Å². The number of esters is 1. The monoisotopic (exact) mass is 453 g/mol. The average Bonchev–Trinajstić information content (AvgIpc) is 3.18. The topological polar surface area (TPSA) is 99.5 Å². The molecule has 32 heavy (non-hydrogen) atoms. The number of nitrogens with zero attached hydrogens (tertiary/aromatic N) is 2. The molecule has 2 aromatic rings. The molecule has 0 bridgehead atoms. The van der Waals surface area contributed by atoms with E-state index in [1.165, 1.54) is 18.2 Å². The van der Waals surface area contributed by atoms with Crippen LogP contribution in [0.1, 0.15) is 43.7 Å². The number of ether oxygens (including phenoxy) is 1. The number of nitrogens with one attached hydrogen (secondary N) is 1. The molecule has 0 saturated carbocycles. The highest BCUT2D eigenvalue weighted by Gasteiger charge is 2.37. The lowest BCUT2D eigenvalue weighted by molar-refractivity contribution is -0.151. The van der Waals surface area contributed by atoms with Gasteiger partial charge in [0.25, 0.3) is 5.91 Å². The lowest BCUT2D eigenvalue weighted by Gasteiger charge is -2.23. The summed E-state index contributed by atoms with van der Waals surface area (Å²) in [7, 11) is 0. The summed E-state index contributed by atoms with van der Waals surface area (Å²) in [4.78, 5) is 39.0. The van der Waals surface area contributed by atoms with E-state index in [1.807, 2.05) is 30.3 Å². The number of nitriles is 1. The quantitative estimate of drug-likeness (QED) is 0.631. The summed E-state index contributed by atoms with van der Waals surface area (Å²) in [5, 5.41) is 12.0. The second-order valence-corrected chi connectivity index (χ2v) is 8.17. The molecule has 2 atom stereocenters. The van der Waals surface area contributed by atoms with Crippen molar-refractivity contribution < 1.29 is 19.1 Å². The van der Waals surface area contributed by atoms with Gasteiger partial charge in [-0.1, -0.05) is 43.6 Å².